The van der Waals surface area contributed by atoms with E-state index in [1.165, 1.54) is 35.5 Å². The molecule has 0 heterocycles. The quantitative estimate of drug-likeness (QED) is 0.789. The Balaban J connectivity index is 3.59. The van der Waals surface area contributed by atoms with Gasteiger partial charge < -0.3 is 9.64 Å². The van der Waals surface area contributed by atoms with Crippen molar-refractivity contribution in [3.63, 3.8) is 0 Å². The Hall–Kier alpha value is -1.31. The van der Waals surface area contributed by atoms with E-state index in [1.54, 1.807) is 14.1 Å². The van der Waals surface area contributed by atoms with Gasteiger partial charge in [-0.25, -0.2) is 12.7 Å². The minimum atomic E-state index is -3.79. The van der Waals surface area contributed by atoms with Crippen LogP contribution in [0.3, 0.4) is 0 Å². The van der Waals surface area contributed by atoms with E-state index in [0.717, 1.165) is 0 Å². The van der Waals surface area contributed by atoms with Crippen molar-refractivity contribution in [3.8, 4) is 5.75 Å². The average molecular weight is 349 g/mol. The lowest BCUT2D eigenvalue weighted by atomic mass is 10.2. The summed E-state index contributed by atoms with van der Waals surface area (Å²) in [6.07, 6.45) is 0.669. The normalized spacial score (nSPS) is 11.6. The standard InChI is InChI=1S/C14H21ClN2O4S/c1-6-7-17(4)22(19,20)12-9-10(15)8-11(13(12)21-5)14(18)16(2)3/h8-9H,6-7H2,1-5H3. The summed E-state index contributed by atoms with van der Waals surface area (Å²) in [6, 6.07) is 2.70. The molecular formula is C14H21ClN2O4S. The van der Waals surface area contributed by atoms with E-state index >= 15 is 0 Å². The van der Waals surface area contributed by atoms with Crippen molar-refractivity contribution in [1.82, 2.24) is 9.21 Å². The van der Waals surface area contributed by atoms with Gasteiger partial charge in [0.1, 0.15) is 4.90 Å². The summed E-state index contributed by atoms with van der Waals surface area (Å²) in [5.41, 5.74) is 0.114. The molecule has 0 unspecified atom stereocenters. The number of rotatable bonds is 6. The third kappa shape index (κ3) is 3.71. The smallest absolute Gasteiger partial charge is 0.257 e. The van der Waals surface area contributed by atoms with E-state index in [1.807, 2.05) is 6.92 Å². The molecule has 0 N–H and O–H groups in total. The topological polar surface area (TPSA) is 66.9 Å². The number of halogens is 1. The zero-order chi connectivity index (χ0) is 17.1. The van der Waals surface area contributed by atoms with Crippen molar-refractivity contribution in [2.75, 3.05) is 34.8 Å². The number of nitrogens with zero attached hydrogens (tertiary/aromatic N) is 2. The molecular weight excluding hydrogens is 328 g/mol. The lowest BCUT2D eigenvalue weighted by Gasteiger charge is -2.21. The fraction of sp³-hybridized carbons (Fsp3) is 0.500. The van der Waals surface area contributed by atoms with Crippen LogP contribution in [0.1, 0.15) is 23.7 Å². The largest absolute Gasteiger partial charge is 0.494 e. The molecule has 0 fully saturated rings. The summed E-state index contributed by atoms with van der Waals surface area (Å²) in [4.78, 5) is 13.5. The van der Waals surface area contributed by atoms with E-state index in [4.69, 9.17) is 16.3 Å². The van der Waals surface area contributed by atoms with Gasteiger partial charge in [-0.2, -0.15) is 0 Å². The Morgan fingerprint density at radius 3 is 2.32 bits per heavy atom. The number of ether oxygens (including phenoxy) is 1. The molecule has 1 rings (SSSR count). The second-order valence-electron chi connectivity index (χ2n) is 5.01. The van der Waals surface area contributed by atoms with Gasteiger partial charge in [-0.15, -0.1) is 0 Å². The Bertz CT molecular complexity index is 659. The van der Waals surface area contributed by atoms with Gasteiger partial charge in [0.2, 0.25) is 10.0 Å². The summed E-state index contributed by atoms with van der Waals surface area (Å²) in [6.45, 7) is 2.23. The Morgan fingerprint density at radius 2 is 1.86 bits per heavy atom. The summed E-state index contributed by atoms with van der Waals surface area (Å²) in [5.74, 6) is -0.375. The molecule has 0 aliphatic carbocycles. The van der Waals surface area contributed by atoms with E-state index in [2.05, 4.69) is 0 Å². The van der Waals surface area contributed by atoms with Crippen LogP contribution in [0.15, 0.2) is 17.0 Å². The van der Waals surface area contributed by atoms with Crippen LogP contribution in [0, 0.1) is 0 Å². The second kappa shape index (κ2) is 7.30. The van der Waals surface area contributed by atoms with Crippen molar-refractivity contribution in [1.29, 1.82) is 0 Å². The molecule has 0 saturated heterocycles. The van der Waals surface area contributed by atoms with Gasteiger partial charge in [0.25, 0.3) is 5.91 Å². The molecule has 0 radical (unpaired) electrons. The summed E-state index contributed by atoms with van der Waals surface area (Å²) in [7, 11) is 2.15. The van der Waals surface area contributed by atoms with Crippen molar-refractivity contribution < 1.29 is 17.9 Å². The maximum absolute atomic E-state index is 12.7. The number of carbonyl (C=O) groups is 1. The molecule has 8 heteroatoms. The minimum Gasteiger partial charge on any atom is -0.494 e. The Kier molecular flexibility index (Phi) is 6.22. The van der Waals surface area contributed by atoms with E-state index in [-0.39, 0.29) is 27.1 Å². The molecule has 0 saturated carbocycles. The van der Waals surface area contributed by atoms with Crippen LogP contribution in [0.5, 0.6) is 5.75 Å². The lowest BCUT2D eigenvalue weighted by molar-refractivity contribution is 0.0823. The number of hydrogen-bond acceptors (Lipinski definition) is 4. The first kappa shape index (κ1) is 18.7. The van der Waals surface area contributed by atoms with E-state index in [9.17, 15) is 13.2 Å². The fourth-order valence-corrected chi connectivity index (χ4v) is 3.72. The van der Waals surface area contributed by atoms with Gasteiger partial charge in [-0.1, -0.05) is 18.5 Å². The first-order valence-corrected chi connectivity index (χ1v) is 8.54. The van der Waals surface area contributed by atoms with Gasteiger partial charge in [0, 0.05) is 32.7 Å². The van der Waals surface area contributed by atoms with Crippen LogP contribution in [-0.4, -0.2) is 58.3 Å². The average Bonchev–Trinajstić information content (AvgIpc) is 2.45. The molecule has 0 aromatic heterocycles. The number of benzene rings is 1. The number of carbonyl (C=O) groups excluding carboxylic acids is 1. The van der Waals surface area contributed by atoms with Gasteiger partial charge >= 0.3 is 0 Å². The first-order valence-electron chi connectivity index (χ1n) is 6.72. The van der Waals surface area contributed by atoms with Crippen LogP contribution in [0.25, 0.3) is 0 Å². The zero-order valence-electron chi connectivity index (χ0n) is 13.4. The Labute approximate surface area is 136 Å². The van der Waals surface area contributed by atoms with Crippen molar-refractivity contribution in [3.05, 3.63) is 22.7 Å². The van der Waals surface area contributed by atoms with Crippen LogP contribution in [0.4, 0.5) is 0 Å². The second-order valence-corrected chi connectivity index (χ2v) is 7.46. The molecule has 0 aliphatic heterocycles. The maximum atomic E-state index is 12.7. The SMILES string of the molecule is CCCN(C)S(=O)(=O)c1cc(Cl)cc(C(=O)N(C)C)c1OC. The predicted octanol–water partition coefficient (Wildman–Crippen LogP) is 2.08. The first-order chi connectivity index (χ1) is 10.2. The van der Waals surface area contributed by atoms with Gasteiger partial charge in [-0.05, 0) is 18.6 Å². The molecule has 22 heavy (non-hydrogen) atoms. The highest BCUT2D eigenvalue weighted by atomic mass is 35.5. The van der Waals surface area contributed by atoms with E-state index < -0.39 is 10.0 Å². The van der Waals surface area contributed by atoms with Gasteiger partial charge in [0.05, 0.1) is 12.7 Å². The molecule has 1 aromatic rings. The third-order valence-electron chi connectivity index (χ3n) is 3.09. The highest BCUT2D eigenvalue weighted by molar-refractivity contribution is 7.89. The zero-order valence-corrected chi connectivity index (χ0v) is 15.0. The predicted molar refractivity (Wildman–Crippen MR) is 86.1 cm³/mol. The highest BCUT2D eigenvalue weighted by Crippen LogP contribution is 2.34. The molecule has 0 spiro atoms. The third-order valence-corrected chi connectivity index (χ3v) is 5.17. The molecule has 0 bridgehead atoms. The molecule has 1 aromatic carbocycles. The molecule has 124 valence electrons. The molecule has 0 aliphatic rings. The van der Waals surface area contributed by atoms with Crippen LogP contribution in [0.2, 0.25) is 5.02 Å². The van der Waals surface area contributed by atoms with Crippen molar-refractivity contribution in [2.24, 2.45) is 0 Å². The molecule has 1 amide bonds. The molecule has 6 nitrogen and oxygen atoms in total. The monoisotopic (exact) mass is 348 g/mol. The van der Waals surface area contributed by atoms with Crippen LogP contribution < -0.4 is 4.74 Å². The number of methoxy groups -OCH3 is 1. The van der Waals surface area contributed by atoms with E-state index in [0.29, 0.717) is 13.0 Å². The maximum Gasteiger partial charge on any atom is 0.257 e. The summed E-state index contributed by atoms with van der Waals surface area (Å²) >= 11 is 6.01. The van der Waals surface area contributed by atoms with Gasteiger partial charge in [0.15, 0.2) is 5.75 Å². The van der Waals surface area contributed by atoms with Crippen molar-refractivity contribution in [2.45, 2.75) is 18.2 Å². The minimum absolute atomic E-state index is 0.00560. The highest BCUT2D eigenvalue weighted by Gasteiger charge is 2.29. The van der Waals surface area contributed by atoms with Gasteiger partial charge in [-0.3, -0.25) is 4.79 Å². The summed E-state index contributed by atoms with van der Waals surface area (Å²) in [5, 5.41) is 0.162. The summed E-state index contributed by atoms with van der Waals surface area (Å²) < 4.78 is 31.7. The number of sulfonamides is 1. The van der Waals surface area contributed by atoms with Crippen molar-refractivity contribution >= 4 is 27.5 Å². The lowest BCUT2D eigenvalue weighted by Crippen LogP contribution is -2.29. The van der Waals surface area contributed by atoms with Crippen LogP contribution >= 0.6 is 11.6 Å². The van der Waals surface area contributed by atoms with Crippen LogP contribution in [-0.2, 0) is 10.0 Å². The molecule has 0 atom stereocenters. The Morgan fingerprint density at radius 1 is 1.27 bits per heavy atom. The fourth-order valence-electron chi connectivity index (χ4n) is 1.97. The number of amides is 1. The number of hydrogen-bond donors (Lipinski definition) is 0.